The summed E-state index contributed by atoms with van der Waals surface area (Å²) in [5, 5.41) is 0. The topological polar surface area (TPSA) is 25.8 Å². The highest BCUT2D eigenvalue weighted by Crippen LogP contribution is 2.39. The van der Waals surface area contributed by atoms with Crippen molar-refractivity contribution in [3.8, 4) is 22.5 Å². The fourth-order valence-corrected chi connectivity index (χ4v) is 7.16. The van der Waals surface area contributed by atoms with Crippen molar-refractivity contribution in [2.24, 2.45) is 0 Å². The van der Waals surface area contributed by atoms with Crippen molar-refractivity contribution < 1.29 is 0 Å². The number of rotatable bonds is 16. The molecule has 0 aliphatic heterocycles. The fourth-order valence-electron chi connectivity index (χ4n) is 7.16. The van der Waals surface area contributed by atoms with Crippen molar-refractivity contribution in [3.05, 3.63) is 105 Å². The molecule has 2 heterocycles. The maximum Gasteiger partial charge on any atom is 0.0711 e. The van der Waals surface area contributed by atoms with Crippen LogP contribution in [0.15, 0.2) is 60.7 Å². The molecule has 0 aliphatic carbocycles. The third kappa shape index (κ3) is 9.93. The maximum atomic E-state index is 5.25. The highest BCUT2D eigenvalue weighted by Gasteiger charge is 2.21. The first-order chi connectivity index (χ1) is 23.3. The normalized spacial score (nSPS) is 12.1. The standard InChI is InChI=1S/C47H66N2/c1-30(2)36-26-40(32(5)6)46(41(27-36)33(7)8)44-24-18-22-38(48-44)20-16-14-13-15-17-21-39-23-19-25-45(49-39)47-42(34(9)10)28-37(31(3)4)29-43(47)35(11)12/h18-19,22-35H,13-17,20-21H2,1-12H3. The van der Waals surface area contributed by atoms with Crippen molar-refractivity contribution in [2.45, 2.75) is 164 Å². The lowest BCUT2D eigenvalue weighted by Crippen LogP contribution is -2.05. The quantitative estimate of drug-likeness (QED) is 0.112. The van der Waals surface area contributed by atoms with Crippen LogP contribution < -0.4 is 0 Å². The molecule has 0 atom stereocenters. The molecule has 2 heteroatoms. The lowest BCUT2D eigenvalue weighted by atomic mass is 9.83. The van der Waals surface area contributed by atoms with Gasteiger partial charge in [-0.2, -0.15) is 0 Å². The van der Waals surface area contributed by atoms with Gasteiger partial charge in [0.1, 0.15) is 0 Å². The summed E-state index contributed by atoms with van der Waals surface area (Å²) in [4.78, 5) is 10.5. The second-order valence-corrected chi connectivity index (χ2v) is 16.4. The van der Waals surface area contributed by atoms with E-state index in [0.717, 1.165) is 24.2 Å². The van der Waals surface area contributed by atoms with Crippen molar-refractivity contribution in [3.63, 3.8) is 0 Å². The number of hydrogen-bond acceptors (Lipinski definition) is 2. The molecule has 2 aromatic carbocycles. The number of unbranched alkanes of at least 4 members (excludes halogenated alkanes) is 4. The van der Waals surface area contributed by atoms with Gasteiger partial charge in [-0.1, -0.05) is 139 Å². The molecule has 264 valence electrons. The Kier molecular flexibility index (Phi) is 13.8. The van der Waals surface area contributed by atoms with Gasteiger partial charge in [-0.25, -0.2) is 0 Å². The molecule has 0 aliphatic rings. The minimum absolute atomic E-state index is 0.459. The summed E-state index contributed by atoms with van der Waals surface area (Å²) in [5.41, 5.74) is 16.1. The molecule has 0 spiro atoms. The predicted molar refractivity (Wildman–Crippen MR) is 214 cm³/mol. The van der Waals surface area contributed by atoms with Gasteiger partial charge in [0.05, 0.1) is 11.4 Å². The van der Waals surface area contributed by atoms with Crippen LogP contribution in [0.4, 0.5) is 0 Å². The van der Waals surface area contributed by atoms with Crippen molar-refractivity contribution in [2.75, 3.05) is 0 Å². The fraction of sp³-hybridized carbons (Fsp3) is 0.532. The molecule has 0 radical (unpaired) electrons. The van der Waals surface area contributed by atoms with Crippen LogP contribution in [-0.4, -0.2) is 9.97 Å². The molecule has 4 rings (SSSR count). The molecule has 0 bridgehead atoms. The van der Waals surface area contributed by atoms with Gasteiger partial charge in [0.2, 0.25) is 0 Å². The summed E-state index contributed by atoms with van der Waals surface area (Å²) in [6.07, 6.45) is 8.21. The Balaban J connectivity index is 1.37. The van der Waals surface area contributed by atoms with Crippen LogP contribution in [0.5, 0.6) is 0 Å². The molecule has 0 unspecified atom stereocenters. The van der Waals surface area contributed by atoms with Gasteiger partial charge >= 0.3 is 0 Å². The molecule has 0 saturated heterocycles. The van der Waals surface area contributed by atoms with Gasteiger partial charge in [0, 0.05) is 22.5 Å². The Morgan fingerprint density at radius 2 is 0.694 bits per heavy atom. The summed E-state index contributed by atoms with van der Waals surface area (Å²) in [5.74, 6) is 2.88. The third-order valence-corrected chi connectivity index (χ3v) is 10.3. The number of aromatic nitrogens is 2. The smallest absolute Gasteiger partial charge is 0.0711 e. The molecular formula is C47H66N2. The van der Waals surface area contributed by atoms with Crippen molar-refractivity contribution in [1.29, 1.82) is 0 Å². The summed E-state index contributed by atoms with van der Waals surface area (Å²) >= 11 is 0. The van der Waals surface area contributed by atoms with E-state index < -0.39 is 0 Å². The average Bonchev–Trinajstić information content (AvgIpc) is 3.06. The van der Waals surface area contributed by atoms with Crippen LogP contribution >= 0.6 is 0 Å². The Morgan fingerprint density at radius 3 is 0.980 bits per heavy atom. The van der Waals surface area contributed by atoms with E-state index in [1.54, 1.807) is 0 Å². The second kappa shape index (κ2) is 17.6. The first-order valence-electron chi connectivity index (χ1n) is 19.6. The minimum Gasteiger partial charge on any atom is -0.253 e. The van der Waals surface area contributed by atoms with E-state index in [1.807, 2.05) is 0 Å². The molecule has 0 N–H and O–H groups in total. The van der Waals surface area contributed by atoms with E-state index >= 15 is 0 Å². The number of pyridine rings is 2. The lowest BCUT2D eigenvalue weighted by molar-refractivity contribution is 0.607. The number of benzene rings is 2. The SMILES string of the molecule is CC(C)c1cc(C(C)C)c(-c2cccc(CCCCCCCc3cccc(-c4c(C(C)C)cc(C(C)C)cc4C(C)C)n3)n2)c(C(C)C)c1. The van der Waals surface area contributed by atoms with Crippen LogP contribution in [0.2, 0.25) is 0 Å². The molecule has 2 nitrogen and oxygen atoms in total. The molecular weight excluding hydrogens is 593 g/mol. The van der Waals surface area contributed by atoms with Gasteiger partial charge in [0.25, 0.3) is 0 Å². The van der Waals surface area contributed by atoms with E-state index in [9.17, 15) is 0 Å². The summed E-state index contributed by atoms with van der Waals surface area (Å²) < 4.78 is 0. The molecule has 0 fully saturated rings. The summed E-state index contributed by atoms with van der Waals surface area (Å²) in [7, 11) is 0. The van der Waals surface area contributed by atoms with E-state index in [2.05, 4.69) is 144 Å². The number of aryl methyl sites for hydroxylation is 2. The van der Waals surface area contributed by atoms with Gasteiger partial charge in [0.15, 0.2) is 0 Å². The first kappa shape index (κ1) is 38.5. The van der Waals surface area contributed by atoms with Gasteiger partial charge in [-0.15, -0.1) is 0 Å². The second-order valence-electron chi connectivity index (χ2n) is 16.4. The van der Waals surface area contributed by atoms with E-state index in [1.165, 1.54) is 88.0 Å². The summed E-state index contributed by atoms with van der Waals surface area (Å²) in [6.45, 7) is 27.8. The highest BCUT2D eigenvalue weighted by molar-refractivity contribution is 5.72. The van der Waals surface area contributed by atoms with E-state index in [0.29, 0.717) is 35.5 Å². The van der Waals surface area contributed by atoms with Crippen LogP contribution in [0.25, 0.3) is 22.5 Å². The Bertz CT molecular complexity index is 1470. The van der Waals surface area contributed by atoms with E-state index in [-0.39, 0.29) is 0 Å². The Morgan fingerprint density at radius 1 is 0.388 bits per heavy atom. The van der Waals surface area contributed by atoms with Crippen molar-refractivity contribution >= 4 is 0 Å². The average molecular weight is 659 g/mol. The first-order valence-corrected chi connectivity index (χ1v) is 19.6. The van der Waals surface area contributed by atoms with Gasteiger partial charge < -0.3 is 0 Å². The van der Waals surface area contributed by atoms with Gasteiger partial charge in [-0.3, -0.25) is 9.97 Å². The zero-order chi connectivity index (χ0) is 35.8. The lowest BCUT2D eigenvalue weighted by Gasteiger charge is -2.23. The largest absolute Gasteiger partial charge is 0.253 e. The van der Waals surface area contributed by atoms with Gasteiger partial charge in [-0.05, 0) is 119 Å². The number of nitrogens with zero attached hydrogens (tertiary/aromatic N) is 2. The molecule has 0 amide bonds. The van der Waals surface area contributed by atoms with E-state index in [4.69, 9.17) is 9.97 Å². The minimum atomic E-state index is 0.459. The number of hydrogen-bond donors (Lipinski definition) is 0. The van der Waals surface area contributed by atoms with Crippen molar-refractivity contribution in [1.82, 2.24) is 9.97 Å². The van der Waals surface area contributed by atoms with Crippen LogP contribution in [0.3, 0.4) is 0 Å². The highest BCUT2D eigenvalue weighted by atomic mass is 14.7. The maximum absolute atomic E-state index is 5.25. The van der Waals surface area contributed by atoms with Crippen LogP contribution in [0, 0.1) is 0 Å². The predicted octanol–water partition coefficient (Wildman–Crippen LogP) is 14.3. The molecule has 0 saturated carbocycles. The zero-order valence-electron chi connectivity index (χ0n) is 33.1. The Hall–Kier alpha value is -3.26. The monoisotopic (exact) mass is 659 g/mol. The molecule has 2 aromatic heterocycles. The molecule has 4 aromatic rings. The summed E-state index contributed by atoms with van der Waals surface area (Å²) in [6, 6.07) is 23.1. The molecule has 49 heavy (non-hydrogen) atoms. The van der Waals surface area contributed by atoms with Crippen LogP contribution in [-0.2, 0) is 12.8 Å². The Labute approximate surface area is 300 Å². The van der Waals surface area contributed by atoms with Crippen LogP contribution in [0.1, 0.15) is 195 Å². The third-order valence-electron chi connectivity index (χ3n) is 10.3. The zero-order valence-corrected chi connectivity index (χ0v) is 33.1.